The summed E-state index contributed by atoms with van der Waals surface area (Å²) in [6, 6.07) is 0.0141. The van der Waals surface area contributed by atoms with Crippen molar-refractivity contribution < 1.29 is 9.47 Å². The summed E-state index contributed by atoms with van der Waals surface area (Å²) in [5.74, 6) is 1.85. The number of aliphatic imine (C=N–C) groups is 2. The molecule has 0 aliphatic carbocycles. The number of hydrogen-bond acceptors (Lipinski definition) is 4. The van der Waals surface area contributed by atoms with Gasteiger partial charge in [-0.05, 0) is 19.8 Å². The maximum Gasteiger partial charge on any atom is 0.209 e. The van der Waals surface area contributed by atoms with Gasteiger partial charge in [0.1, 0.15) is 12.6 Å². The van der Waals surface area contributed by atoms with E-state index in [0.29, 0.717) is 25.7 Å². The van der Waals surface area contributed by atoms with Gasteiger partial charge in [0.25, 0.3) is 0 Å². The summed E-state index contributed by atoms with van der Waals surface area (Å²) in [4.78, 5) is 8.87. The second kappa shape index (κ2) is 7.25. The molecule has 0 aromatic carbocycles. The number of nitrogens with zero attached hydrogens (tertiary/aromatic N) is 2. The number of hydrogen-bond donors (Lipinski definition) is 0. The van der Waals surface area contributed by atoms with Gasteiger partial charge in [0.2, 0.25) is 11.8 Å². The van der Waals surface area contributed by atoms with E-state index in [1.165, 1.54) is 0 Å². The van der Waals surface area contributed by atoms with Gasteiger partial charge in [0.15, 0.2) is 0 Å². The van der Waals surface area contributed by atoms with Crippen LogP contribution in [0.5, 0.6) is 0 Å². The first-order valence-electron chi connectivity index (χ1n) is 5.55. The highest BCUT2D eigenvalue weighted by atomic mass is 16.5. The zero-order chi connectivity index (χ0) is 11.3. The third-order valence-corrected chi connectivity index (χ3v) is 2.14. The number of rotatable bonds is 3. The van der Waals surface area contributed by atoms with Gasteiger partial charge in [-0.2, -0.15) is 0 Å². The van der Waals surface area contributed by atoms with Crippen LogP contribution in [-0.4, -0.2) is 37.6 Å². The van der Waals surface area contributed by atoms with Gasteiger partial charge in [-0.3, -0.25) is 0 Å². The van der Waals surface area contributed by atoms with Crippen LogP contribution in [0.1, 0.15) is 35.1 Å². The maximum absolute atomic E-state index is 5.47. The minimum absolute atomic E-state index is 0. The van der Waals surface area contributed by atoms with Crippen molar-refractivity contribution in [3.8, 4) is 0 Å². The fourth-order valence-corrected chi connectivity index (χ4v) is 1.45. The van der Waals surface area contributed by atoms with Crippen molar-refractivity contribution in [2.24, 2.45) is 15.9 Å². The molecule has 1 heterocycles. The van der Waals surface area contributed by atoms with E-state index in [1.54, 1.807) is 0 Å². The number of ether oxygens (including phenoxy) is 2. The SMILES string of the molecule is C.CCOC1=N[C@H](C(C)C)C(OCC)=NC1. The first-order chi connectivity index (χ1) is 7.19. The molecule has 0 N–H and O–H groups in total. The molecule has 1 atom stereocenters. The van der Waals surface area contributed by atoms with Gasteiger partial charge in [0.05, 0.1) is 13.2 Å². The molecule has 16 heavy (non-hydrogen) atoms. The Morgan fingerprint density at radius 1 is 1.25 bits per heavy atom. The van der Waals surface area contributed by atoms with E-state index in [-0.39, 0.29) is 13.5 Å². The molecule has 94 valence electrons. The Labute approximate surface area is 98.8 Å². The molecule has 0 radical (unpaired) electrons. The van der Waals surface area contributed by atoms with E-state index < -0.39 is 0 Å². The Hall–Kier alpha value is -1.06. The molecular formula is C12H24N2O2. The molecule has 4 nitrogen and oxygen atoms in total. The van der Waals surface area contributed by atoms with Crippen LogP contribution >= 0.6 is 0 Å². The Morgan fingerprint density at radius 2 is 1.88 bits per heavy atom. The van der Waals surface area contributed by atoms with Crippen LogP contribution in [0.25, 0.3) is 0 Å². The Kier molecular flexibility index (Phi) is 6.77. The van der Waals surface area contributed by atoms with Crippen molar-refractivity contribution in [3.63, 3.8) is 0 Å². The van der Waals surface area contributed by atoms with E-state index in [1.807, 2.05) is 13.8 Å². The fraction of sp³-hybridized carbons (Fsp3) is 0.833. The van der Waals surface area contributed by atoms with Gasteiger partial charge in [-0.1, -0.05) is 21.3 Å². The fourth-order valence-electron chi connectivity index (χ4n) is 1.45. The molecule has 0 bridgehead atoms. The molecule has 4 heteroatoms. The molecule has 0 unspecified atom stereocenters. The first kappa shape index (κ1) is 14.9. The molecule has 0 fully saturated rings. The molecule has 0 amide bonds. The van der Waals surface area contributed by atoms with Crippen molar-refractivity contribution in [1.29, 1.82) is 0 Å². The highest BCUT2D eigenvalue weighted by molar-refractivity contribution is 5.92. The molecule has 1 aliphatic rings. The zero-order valence-corrected chi connectivity index (χ0v) is 9.99. The average Bonchev–Trinajstić information content (AvgIpc) is 2.21. The summed E-state index contributed by atoms with van der Waals surface area (Å²) in [5, 5.41) is 0. The summed E-state index contributed by atoms with van der Waals surface area (Å²) in [5.41, 5.74) is 0. The van der Waals surface area contributed by atoms with Crippen molar-refractivity contribution in [1.82, 2.24) is 0 Å². The molecule has 1 aliphatic heterocycles. The third-order valence-electron chi connectivity index (χ3n) is 2.14. The minimum Gasteiger partial charge on any atom is -0.480 e. The smallest absolute Gasteiger partial charge is 0.209 e. The third kappa shape index (κ3) is 3.83. The lowest BCUT2D eigenvalue weighted by Gasteiger charge is -2.23. The first-order valence-corrected chi connectivity index (χ1v) is 5.55. The molecular weight excluding hydrogens is 204 g/mol. The standard InChI is InChI=1S/C11H20N2O2.CH4/c1-5-14-9-7-12-11(15-6-2)10(13-9)8(3)4;/h8,10H,5-7H2,1-4H3;1H4/t10-;/m1./s1. The Bertz CT molecular complexity index is 260. The van der Waals surface area contributed by atoms with Crippen LogP contribution in [0.2, 0.25) is 0 Å². The summed E-state index contributed by atoms with van der Waals surface area (Å²) >= 11 is 0. The van der Waals surface area contributed by atoms with Gasteiger partial charge >= 0.3 is 0 Å². The molecule has 0 saturated heterocycles. The molecule has 0 aromatic heterocycles. The summed E-state index contributed by atoms with van der Waals surface area (Å²) in [7, 11) is 0. The van der Waals surface area contributed by atoms with Crippen molar-refractivity contribution in [3.05, 3.63) is 0 Å². The minimum atomic E-state index is 0. The van der Waals surface area contributed by atoms with Crippen LogP contribution in [0.4, 0.5) is 0 Å². The highest BCUT2D eigenvalue weighted by Crippen LogP contribution is 2.14. The molecule has 0 spiro atoms. The van der Waals surface area contributed by atoms with E-state index in [2.05, 4.69) is 23.8 Å². The highest BCUT2D eigenvalue weighted by Gasteiger charge is 2.25. The van der Waals surface area contributed by atoms with Crippen LogP contribution in [0, 0.1) is 5.92 Å². The summed E-state index contributed by atoms with van der Waals surface area (Å²) in [6.07, 6.45) is 0. The maximum atomic E-state index is 5.47. The normalized spacial score (nSPS) is 19.7. The van der Waals surface area contributed by atoms with Crippen molar-refractivity contribution in [2.75, 3.05) is 19.8 Å². The molecule has 1 rings (SSSR count). The quantitative estimate of drug-likeness (QED) is 0.745. The van der Waals surface area contributed by atoms with Crippen molar-refractivity contribution in [2.45, 2.75) is 41.2 Å². The monoisotopic (exact) mass is 228 g/mol. The Morgan fingerprint density at radius 3 is 2.38 bits per heavy atom. The lowest BCUT2D eigenvalue weighted by Crippen LogP contribution is -2.33. The van der Waals surface area contributed by atoms with E-state index in [0.717, 1.165) is 11.8 Å². The van der Waals surface area contributed by atoms with Gasteiger partial charge in [0, 0.05) is 0 Å². The lowest BCUT2D eigenvalue weighted by molar-refractivity contribution is 0.285. The van der Waals surface area contributed by atoms with Gasteiger partial charge in [-0.15, -0.1) is 0 Å². The second-order valence-corrected chi connectivity index (χ2v) is 3.73. The van der Waals surface area contributed by atoms with Crippen LogP contribution in [-0.2, 0) is 9.47 Å². The van der Waals surface area contributed by atoms with Crippen LogP contribution in [0.15, 0.2) is 9.98 Å². The van der Waals surface area contributed by atoms with Crippen LogP contribution in [0.3, 0.4) is 0 Å². The zero-order valence-electron chi connectivity index (χ0n) is 9.99. The Balaban J connectivity index is 0.00000225. The predicted octanol–water partition coefficient (Wildman–Crippen LogP) is 2.53. The average molecular weight is 228 g/mol. The van der Waals surface area contributed by atoms with E-state index >= 15 is 0 Å². The largest absolute Gasteiger partial charge is 0.480 e. The summed E-state index contributed by atoms with van der Waals surface area (Å²) in [6.45, 7) is 9.92. The molecule has 0 saturated carbocycles. The van der Waals surface area contributed by atoms with Crippen LogP contribution < -0.4 is 0 Å². The van der Waals surface area contributed by atoms with Gasteiger partial charge < -0.3 is 9.47 Å². The van der Waals surface area contributed by atoms with E-state index in [9.17, 15) is 0 Å². The van der Waals surface area contributed by atoms with Crippen molar-refractivity contribution >= 4 is 11.8 Å². The summed E-state index contributed by atoms with van der Waals surface area (Å²) < 4.78 is 10.8. The molecule has 0 aromatic rings. The predicted molar refractivity (Wildman–Crippen MR) is 68.3 cm³/mol. The topological polar surface area (TPSA) is 43.2 Å². The second-order valence-electron chi connectivity index (χ2n) is 3.73. The van der Waals surface area contributed by atoms with E-state index in [4.69, 9.17) is 9.47 Å². The lowest BCUT2D eigenvalue weighted by atomic mass is 10.0. The van der Waals surface area contributed by atoms with Gasteiger partial charge in [-0.25, -0.2) is 9.98 Å².